The van der Waals surface area contributed by atoms with Crippen molar-refractivity contribution in [2.75, 3.05) is 5.32 Å². The van der Waals surface area contributed by atoms with E-state index < -0.39 is 5.97 Å². The van der Waals surface area contributed by atoms with Gasteiger partial charge in [-0.3, -0.25) is 4.79 Å². The first kappa shape index (κ1) is 11.5. The van der Waals surface area contributed by atoms with Gasteiger partial charge in [0.1, 0.15) is 0 Å². The number of hydrogen-bond donors (Lipinski definition) is 2. The molecule has 0 aliphatic rings. The van der Waals surface area contributed by atoms with E-state index in [0.717, 1.165) is 6.08 Å². The Morgan fingerprint density at radius 2 is 2.13 bits per heavy atom. The van der Waals surface area contributed by atoms with Crippen molar-refractivity contribution in [3.63, 3.8) is 0 Å². The van der Waals surface area contributed by atoms with E-state index in [1.54, 1.807) is 12.1 Å². The van der Waals surface area contributed by atoms with E-state index in [1.165, 1.54) is 6.07 Å². The summed E-state index contributed by atoms with van der Waals surface area (Å²) in [7, 11) is 0. The van der Waals surface area contributed by atoms with E-state index in [2.05, 4.69) is 27.8 Å². The van der Waals surface area contributed by atoms with Gasteiger partial charge >= 0.3 is 5.97 Å². The van der Waals surface area contributed by atoms with Crippen molar-refractivity contribution in [1.82, 2.24) is 0 Å². The molecule has 1 aromatic rings. The summed E-state index contributed by atoms with van der Waals surface area (Å²) >= 11 is 3.10. The number of benzene rings is 1. The summed E-state index contributed by atoms with van der Waals surface area (Å²) in [5.74, 6) is -1.44. The molecule has 0 spiro atoms. The number of aromatic carboxylic acids is 1. The smallest absolute Gasteiger partial charge is 0.336 e. The maximum absolute atomic E-state index is 11.0. The largest absolute Gasteiger partial charge is 0.478 e. The standard InChI is InChI=1S/C10H8BrNO3/c1-2-9(13)12-6-3-4-8(11)7(5-6)10(14)15/h2-5H,1H2,(H,12,13)(H,14,15). The lowest BCUT2D eigenvalue weighted by Gasteiger charge is -2.04. The predicted octanol–water partition coefficient (Wildman–Crippen LogP) is 2.27. The van der Waals surface area contributed by atoms with Crippen LogP contribution in [-0.4, -0.2) is 17.0 Å². The van der Waals surface area contributed by atoms with Crippen molar-refractivity contribution in [2.45, 2.75) is 0 Å². The van der Waals surface area contributed by atoms with Crippen molar-refractivity contribution in [3.05, 3.63) is 40.9 Å². The van der Waals surface area contributed by atoms with E-state index in [-0.39, 0.29) is 11.5 Å². The lowest BCUT2D eigenvalue weighted by Crippen LogP contribution is -2.08. The first-order valence-corrected chi connectivity index (χ1v) is 4.80. The van der Waals surface area contributed by atoms with Gasteiger partial charge in [-0.15, -0.1) is 0 Å². The fourth-order valence-electron chi connectivity index (χ4n) is 0.960. The first-order chi connectivity index (χ1) is 7.04. The number of amides is 1. The maximum atomic E-state index is 11.0. The van der Waals surface area contributed by atoms with Gasteiger partial charge in [0.25, 0.3) is 0 Å². The Bertz CT molecular complexity index is 429. The summed E-state index contributed by atoms with van der Waals surface area (Å²) in [5, 5.41) is 11.3. The van der Waals surface area contributed by atoms with Crippen molar-refractivity contribution in [2.24, 2.45) is 0 Å². The van der Waals surface area contributed by atoms with Crippen LogP contribution < -0.4 is 5.32 Å². The van der Waals surface area contributed by atoms with E-state index in [1.807, 2.05) is 0 Å². The quantitative estimate of drug-likeness (QED) is 0.828. The summed E-state index contributed by atoms with van der Waals surface area (Å²) in [6.45, 7) is 3.29. The normalized spacial score (nSPS) is 9.40. The molecule has 15 heavy (non-hydrogen) atoms. The van der Waals surface area contributed by atoms with E-state index in [4.69, 9.17) is 5.11 Å². The third kappa shape index (κ3) is 2.92. The van der Waals surface area contributed by atoms with Gasteiger partial charge < -0.3 is 10.4 Å². The molecule has 78 valence electrons. The third-order valence-electron chi connectivity index (χ3n) is 1.65. The minimum atomic E-state index is -1.06. The second kappa shape index (κ2) is 4.75. The molecule has 0 unspecified atom stereocenters. The van der Waals surface area contributed by atoms with Crippen LogP contribution in [0.4, 0.5) is 5.69 Å². The zero-order chi connectivity index (χ0) is 11.4. The molecule has 1 amide bonds. The minimum Gasteiger partial charge on any atom is -0.478 e. The molecular formula is C10H8BrNO3. The topological polar surface area (TPSA) is 66.4 Å². The predicted molar refractivity (Wildman–Crippen MR) is 59.9 cm³/mol. The van der Waals surface area contributed by atoms with Crippen LogP contribution in [0, 0.1) is 0 Å². The summed E-state index contributed by atoms with van der Waals surface area (Å²) in [6, 6.07) is 4.52. The zero-order valence-corrected chi connectivity index (χ0v) is 9.24. The highest BCUT2D eigenvalue weighted by molar-refractivity contribution is 9.10. The number of anilines is 1. The van der Waals surface area contributed by atoms with E-state index in [9.17, 15) is 9.59 Å². The highest BCUT2D eigenvalue weighted by Crippen LogP contribution is 2.21. The van der Waals surface area contributed by atoms with Crippen LogP contribution in [0.3, 0.4) is 0 Å². The highest BCUT2D eigenvalue weighted by atomic mass is 79.9. The Labute approximate surface area is 94.7 Å². The van der Waals surface area contributed by atoms with E-state index in [0.29, 0.717) is 10.2 Å². The van der Waals surface area contributed by atoms with Crippen LogP contribution in [0.15, 0.2) is 35.3 Å². The molecule has 0 atom stereocenters. The number of carboxylic acid groups (broad SMARTS) is 1. The van der Waals surface area contributed by atoms with Crippen LogP contribution in [0.5, 0.6) is 0 Å². The monoisotopic (exact) mass is 269 g/mol. The van der Waals surface area contributed by atoms with Gasteiger partial charge in [0.05, 0.1) is 5.56 Å². The maximum Gasteiger partial charge on any atom is 0.336 e. The molecule has 0 aromatic heterocycles. The Kier molecular flexibility index (Phi) is 3.62. The highest BCUT2D eigenvalue weighted by Gasteiger charge is 2.09. The lowest BCUT2D eigenvalue weighted by molar-refractivity contribution is -0.111. The average Bonchev–Trinajstić information content (AvgIpc) is 2.20. The lowest BCUT2D eigenvalue weighted by atomic mass is 10.2. The average molecular weight is 270 g/mol. The Morgan fingerprint density at radius 1 is 1.47 bits per heavy atom. The second-order valence-corrected chi connectivity index (χ2v) is 3.55. The van der Waals surface area contributed by atoms with Crippen LogP contribution in [0.25, 0.3) is 0 Å². The number of halogens is 1. The fourth-order valence-corrected chi connectivity index (χ4v) is 1.38. The number of hydrogen-bond acceptors (Lipinski definition) is 2. The van der Waals surface area contributed by atoms with Crippen molar-refractivity contribution in [1.29, 1.82) is 0 Å². The molecule has 0 aliphatic heterocycles. The summed E-state index contributed by atoms with van der Waals surface area (Å²) in [5.41, 5.74) is 0.511. The molecule has 0 bridgehead atoms. The van der Waals surface area contributed by atoms with Gasteiger partial charge in [-0.25, -0.2) is 4.79 Å². The fraction of sp³-hybridized carbons (Fsp3) is 0. The molecule has 4 nitrogen and oxygen atoms in total. The molecular weight excluding hydrogens is 262 g/mol. The van der Waals surface area contributed by atoms with Crippen molar-refractivity contribution >= 4 is 33.5 Å². The molecule has 0 heterocycles. The Balaban J connectivity index is 3.02. The summed E-state index contributed by atoms with van der Waals surface area (Å²) in [6.07, 6.45) is 1.11. The zero-order valence-electron chi connectivity index (χ0n) is 7.66. The van der Waals surface area contributed by atoms with E-state index >= 15 is 0 Å². The summed E-state index contributed by atoms with van der Waals surface area (Å²) < 4.78 is 0.464. The van der Waals surface area contributed by atoms with Gasteiger partial charge in [-0.1, -0.05) is 6.58 Å². The number of rotatable bonds is 3. The molecule has 1 rings (SSSR count). The second-order valence-electron chi connectivity index (χ2n) is 2.69. The minimum absolute atomic E-state index is 0.0943. The number of carbonyl (C=O) groups excluding carboxylic acids is 1. The van der Waals surface area contributed by atoms with Gasteiger partial charge in [0, 0.05) is 10.2 Å². The van der Waals surface area contributed by atoms with Crippen LogP contribution >= 0.6 is 15.9 Å². The van der Waals surface area contributed by atoms with Crippen LogP contribution in [0.2, 0.25) is 0 Å². The molecule has 0 fully saturated rings. The first-order valence-electron chi connectivity index (χ1n) is 4.01. The molecule has 0 saturated carbocycles. The summed E-state index contributed by atoms with van der Waals surface area (Å²) in [4.78, 5) is 21.7. The molecule has 0 saturated heterocycles. The third-order valence-corrected chi connectivity index (χ3v) is 2.34. The molecule has 2 N–H and O–H groups in total. The molecule has 0 aliphatic carbocycles. The van der Waals surface area contributed by atoms with Crippen molar-refractivity contribution < 1.29 is 14.7 Å². The number of carbonyl (C=O) groups is 2. The van der Waals surface area contributed by atoms with Gasteiger partial charge in [0.2, 0.25) is 5.91 Å². The Hall–Kier alpha value is -1.62. The molecule has 5 heteroatoms. The molecule has 1 aromatic carbocycles. The molecule has 0 radical (unpaired) electrons. The SMILES string of the molecule is C=CC(=O)Nc1ccc(Br)c(C(=O)O)c1. The van der Waals surface area contributed by atoms with Gasteiger partial charge in [0.15, 0.2) is 0 Å². The van der Waals surface area contributed by atoms with Gasteiger partial charge in [-0.2, -0.15) is 0 Å². The van der Waals surface area contributed by atoms with Crippen molar-refractivity contribution in [3.8, 4) is 0 Å². The number of nitrogens with one attached hydrogen (secondary N) is 1. The Morgan fingerprint density at radius 3 is 2.67 bits per heavy atom. The van der Waals surface area contributed by atoms with Gasteiger partial charge in [-0.05, 0) is 40.2 Å². The van der Waals surface area contributed by atoms with Crippen LogP contribution in [-0.2, 0) is 4.79 Å². The van der Waals surface area contributed by atoms with Crippen LogP contribution in [0.1, 0.15) is 10.4 Å². The number of carboxylic acids is 1.